The molecular weight excluding hydrogens is 311 g/mol. The average molecular weight is 328 g/mol. The summed E-state index contributed by atoms with van der Waals surface area (Å²) in [7, 11) is 0. The number of rotatable bonds is 6. The molecule has 0 amide bonds. The molecule has 0 radical (unpaired) electrons. The van der Waals surface area contributed by atoms with Crippen LogP contribution < -0.4 is 0 Å². The van der Waals surface area contributed by atoms with Crippen molar-refractivity contribution in [1.82, 2.24) is 9.55 Å². The highest BCUT2D eigenvalue weighted by atomic mass is 32.2. The standard InChI is InChI=1S/C18H17FN2OS/c19-17-9-5-4-8-15(17)13-23-18-20-16(12-22)11-21(18)10-14-6-2-1-3-7-14/h1-9,11,22H,10,12-13H2. The lowest BCUT2D eigenvalue weighted by Crippen LogP contribution is -2.00. The minimum Gasteiger partial charge on any atom is -0.390 e. The predicted octanol–water partition coefficient (Wildman–Crippen LogP) is 3.86. The molecule has 5 heteroatoms. The first-order valence-corrected chi connectivity index (χ1v) is 8.32. The Morgan fingerprint density at radius 1 is 1.04 bits per heavy atom. The number of aliphatic hydroxyl groups is 1. The molecule has 2 aromatic carbocycles. The Bertz CT molecular complexity index is 774. The first-order valence-electron chi connectivity index (χ1n) is 7.33. The average Bonchev–Trinajstić information content (AvgIpc) is 2.97. The zero-order valence-corrected chi connectivity index (χ0v) is 13.3. The molecule has 3 rings (SSSR count). The van der Waals surface area contributed by atoms with Gasteiger partial charge in [0.15, 0.2) is 5.16 Å². The molecule has 23 heavy (non-hydrogen) atoms. The third-order valence-electron chi connectivity index (χ3n) is 3.46. The second-order valence-electron chi connectivity index (χ2n) is 5.17. The fraction of sp³-hybridized carbons (Fsp3) is 0.167. The van der Waals surface area contributed by atoms with E-state index in [2.05, 4.69) is 4.98 Å². The molecule has 0 atom stereocenters. The van der Waals surface area contributed by atoms with Crippen molar-refractivity contribution in [2.24, 2.45) is 0 Å². The second kappa shape index (κ2) is 7.44. The van der Waals surface area contributed by atoms with Crippen LogP contribution in [0.4, 0.5) is 4.39 Å². The van der Waals surface area contributed by atoms with E-state index in [0.29, 0.717) is 23.6 Å². The van der Waals surface area contributed by atoms with Gasteiger partial charge in [0.1, 0.15) is 5.82 Å². The van der Waals surface area contributed by atoms with Gasteiger partial charge in [-0.15, -0.1) is 0 Å². The Hall–Kier alpha value is -2.11. The third-order valence-corrected chi connectivity index (χ3v) is 4.50. The van der Waals surface area contributed by atoms with E-state index in [1.54, 1.807) is 12.1 Å². The molecule has 0 unspecified atom stereocenters. The monoisotopic (exact) mass is 328 g/mol. The molecule has 3 nitrogen and oxygen atoms in total. The minimum absolute atomic E-state index is 0.102. The molecular formula is C18H17FN2OS. The summed E-state index contributed by atoms with van der Waals surface area (Å²) in [6.45, 7) is 0.572. The molecule has 1 aromatic heterocycles. The number of thioether (sulfide) groups is 1. The van der Waals surface area contributed by atoms with Gasteiger partial charge >= 0.3 is 0 Å². The van der Waals surface area contributed by atoms with Crippen LogP contribution in [0.3, 0.4) is 0 Å². The quantitative estimate of drug-likeness (QED) is 0.698. The summed E-state index contributed by atoms with van der Waals surface area (Å²) in [6.07, 6.45) is 1.84. The van der Waals surface area contributed by atoms with Gasteiger partial charge in [-0.25, -0.2) is 9.37 Å². The van der Waals surface area contributed by atoms with Gasteiger partial charge in [0.05, 0.1) is 12.3 Å². The minimum atomic E-state index is -0.205. The van der Waals surface area contributed by atoms with Crippen LogP contribution in [0.5, 0.6) is 0 Å². The van der Waals surface area contributed by atoms with Gasteiger partial charge in [-0.1, -0.05) is 60.3 Å². The Morgan fingerprint density at radius 2 is 1.78 bits per heavy atom. The van der Waals surface area contributed by atoms with Gasteiger partial charge in [0, 0.05) is 18.5 Å². The third kappa shape index (κ3) is 4.00. The molecule has 0 saturated heterocycles. The highest BCUT2D eigenvalue weighted by Gasteiger charge is 2.10. The maximum atomic E-state index is 13.7. The molecule has 0 aliphatic heterocycles. The van der Waals surface area contributed by atoms with Crippen LogP contribution in [-0.4, -0.2) is 14.7 Å². The summed E-state index contributed by atoms with van der Waals surface area (Å²) < 4.78 is 15.7. The second-order valence-corrected chi connectivity index (χ2v) is 6.11. The number of aromatic nitrogens is 2. The number of halogens is 1. The predicted molar refractivity (Wildman–Crippen MR) is 89.7 cm³/mol. The van der Waals surface area contributed by atoms with Crippen molar-refractivity contribution >= 4 is 11.8 Å². The van der Waals surface area contributed by atoms with E-state index in [9.17, 15) is 9.50 Å². The van der Waals surface area contributed by atoms with Gasteiger partial charge in [-0.2, -0.15) is 0 Å². The summed E-state index contributed by atoms with van der Waals surface area (Å²) in [6, 6.07) is 16.8. The zero-order valence-electron chi connectivity index (χ0n) is 12.5. The number of hydrogen-bond acceptors (Lipinski definition) is 3. The van der Waals surface area contributed by atoms with Crippen LogP contribution >= 0.6 is 11.8 Å². The lowest BCUT2D eigenvalue weighted by atomic mass is 10.2. The molecule has 3 aromatic rings. The molecule has 0 spiro atoms. The Morgan fingerprint density at radius 3 is 2.52 bits per heavy atom. The van der Waals surface area contributed by atoms with E-state index in [1.165, 1.54) is 17.8 Å². The normalized spacial score (nSPS) is 10.9. The van der Waals surface area contributed by atoms with Crippen LogP contribution in [-0.2, 0) is 18.9 Å². The van der Waals surface area contributed by atoms with E-state index in [-0.39, 0.29) is 12.4 Å². The number of nitrogens with zero attached hydrogens (tertiary/aromatic N) is 2. The van der Waals surface area contributed by atoms with E-state index in [4.69, 9.17) is 0 Å². The SMILES string of the molecule is OCc1cn(Cc2ccccc2)c(SCc2ccccc2F)n1. The molecule has 0 bridgehead atoms. The summed E-state index contributed by atoms with van der Waals surface area (Å²) in [5, 5.41) is 10.1. The molecule has 0 aliphatic rings. The molecule has 1 heterocycles. The summed E-state index contributed by atoms with van der Waals surface area (Å²) >= 11 is 1.47. The van der Waals surface area contributed by atoms with Gasteiger partial charge in [0.25, 0.3) is 0 Å². The topological polar surface area (TPSA) is 38.0 Å². The van der Waals surface area contributed by atoms with Crippen molar-refractivity contribution in [3.05, 3.63) is 83.4 Å². The fourth-order valence-electron chi connectivity index (χ4n) is 2.29. The van der Waals surface area contributed by atoms with Crippen LogP contribution in [0.2, 0.25) is 0 Å². The Labute approximate surface area is 138 Å². The summed E-state index contributed by atoms with van der Waals surface area (Å²) in [5.74, 6) is 0.298. The highest BCUT2D eigenvalue weighted by molar-refractivity contribution is 7.98. The van der Waals surface area contributed by atoms with Gasteiger partial charge in [0.2, 0.25) is 0 Å². The van der Waals surface area contributed by atoms with Crippen LogP contribution in [0, 0.1) is 5.82 Å². The van der Waals surface area contributed by atoms with E-state index >= 15 is 0 Å². The first kappa shape index (κ1) is 15.8. The van der Waals surface area contributed by atoms with Crippen molar-refractivity contribution in [2.75, 3.05) is 0 Å². The van der Waals surface area contributed by atoms with Crippen molar-refractivity contribution in [3.8, 4) is 0 Å². The summed E-state index contributed by atoms with van der Waals surface area (Å²) in [4.78, 5) is 4.42. The number of hydrogen-bond donors (Lipinski definition) is 1. The molecule has 0 fully saturated rings. The lowest BCUT2D eigenvalue weighted by Gasteiger charge is -2.08. The van der Waals surface area contributed by atoms with Crippen molar-refractivity contribution in [2.45, 2.75) is 24.1 Å². The van der Waals surface area contributed by atoms with Crippen LogP contribution in [0.1, 0.15) is 16.8 Å². The van der Waals surface area contributed by atoms with Crippen molar-refractivity contribution in [3.63, 3.8) is 0 Å². The molecule has 118 valence electrons. The van der Waals surface area contributed by atoms with E-state index < -0.39 is 0 Å². The fourth-order valence-corrected chi connectivity index (χ4v) is 3.28. The van der Waals surface area contributed by atoms with E-state index in [0.717, 1.165) is 10.7 Å². The van der Waals surface area contributed by atoms with Gasteiger partial charge < -0.3 is 9.67 Å². The summed E-state index contributed by atoms with van der Waals surface area (Å²) in [5.41, 5.74) is 2.43. The number of aliphatic hydroxyl groups excluding tert-OH is 1. The molecule has 1 N–H and O–H groups in total. The van der Waals surface area contributed by atoms with E-state index in [1.807, 2.05) is 47.2 Å². The molecule has 0 aliphatic carbocycles. The van der Waals surface area contributed by atoms with Crippen LogP contribution in [0.15, 0.2) is 66.0 Å². The Kier molecular flexibility index (Phi) is 5.10. The van der Waals surface area contributed by atoms with Crippen molar-refractivity contribution in [1.29, 1.82) is 0 Å². The smallest absolute Gasteiger partial charge is 0.168 e. The van der Waals surface area contributed by atoms with Gasteiger partial charge in [-0.05, 0) is 17.2 Å². The number of benzene rings is 2. The van der Waals surface area contributed by atoms with Crippen LogP contribution in [0.25, 0.3) is 0 Å². The lowest BCUT2D eigenvalue weighted by molar-refractivity contribution is 0.277. The highest BCUT2D eigenvalue weighted by Crippen LogP contribution is 2.24. The first-order chi connectivity index (χ1) is 11.3. The largest absolute Gasteiger partial charge is 0.390 e. The Balaban J connectivity index is 1.78. The maximum Gasteiger partial charge on any atom is 0.168 e. The van der Waals surface area contributed by atoms with Gasteiger partial charge in [-0.3, -0.25) is 0 Å². The zero-order chi connectivity index (χ0) is 16.1. The number of imidazole rings is 1. The molecule has 0 saturated carbocycles. The van der Waals surface area contributed by atoms with Crippen molar-refractivity contribution < 1.29 is 9.50 Å². The maximum absolute atomic E-state index is 13.7.